The third kappa shape index (κ3) is 2.76. The van der Waals surface area contributed by atoms with Crippen molar-refractivity contribution in [3.05, 3.63) is 78.1 Å². The monoisotopic (exact) mass is 369 g/mol. The molecule has 5 heteroatoms. The standard InChI is InChI=1S/C23H19N3O2/c1-15-10-11-17-18(24-15)8-5-9-19(17)25-22(27)23(12-13-23)21-14-20(28-26-21)16-6-3-2-4-7-16/h2-11,14H,12-13H2,1H3,(H,25,27). The van der Waals surface area contributed by atoms with E-state index in [0.29, 0.717) is 11.5 Å². The van der Waals surface area contributed by atoms with Gasteiger partial charge in [0, 0.05) is 22.7 Å². The summed E-state index contributed by atoms with van der Waals surface area (Å²) in [6, 6.07) is 21.4. The first-order valence-electron chi connectivity index (χ1n) is 9.36. The van der Waals surface area contributed by atoms with Crippen LogP contribution < -0.4 is 5.32 Å². The number of pyridine rings is 1. The number of nitrogens with zero attached hydrogens (tertiary/aromatic N) is 2. The number of amides is 1. The average molecular weight is 369 g/mol. The zero-order valence-electron chi connectivity index (χ0n) is 15.5. The van der Waals surface area contributed by atoms with E-state index in [0.717, 1.165) is 40.7 Å². The van der Waals surface area contributed by atoms with Gasteiger partial charge < -0.3 is 9.84 Å². The molecule has 4 aromatic rings. The molecule has 5 nitrogen and oxygen atoms in total. The Morgan fingerprint density at radius 2 is 1.86 bits per heavy atom. The second-order valence-electron chi connectivity index (χ2n) is 7.30. The fraction of sp³-hybridized carbons (Fsp3) is 0.174. The van der Waals surface area contributed by atoms with Crippen molar-refractivity contribution in [2.24, 2.45) is 0 Å². The highest BCUT2D eigenvalue weighted by Gasteiger charge is 2.54. The topological polar surface area (TPSA) is 68.0 Å². The van der Waals surface area contributed by atoms with Crippen LogP contribution in [0.15, 0.2) is 71.3 Å². The summed E-state index contributed by atoms with van der Waals surface area (Å²) in [5.41, 5.74) is 3.62. The highest BCUT2D eigenvalue weighted by molar-refractivity contribution is 6.06. The number of nitrogens with one attached hydrogen (secondary N) is 1. The van der Waals surface area contributed by atoms with Gasteiger partial charge in [-0.2, -0.15) is 0 Å². The van der Waals surface area contributed by atoms with Crippen molar-refractivity contribution in [2.75, 3.05) is 5.32 Å². The highest BCUT2D eigenvalue weighted by Crippen LogP contribution is 2.49. The lowest BCUT2D eigenvalue weighted by Crippen LogP contribution is -2.28. The number of carbonyl (C=O) groups is 1. The number of aromatic nitrogens is 2. The molecule has 0 aliphatic heterocycles. The number of fused-ring (bicyclic) bond motifs is 1. The van der Waals surface area contributed by atoms with Crippen molar-refractivity contribution >= 4 is 22.5 Å². The highest BCUT2D eigenvalue weighted by atomic mass is 16.5. The Morgan fingerprint density at radius 1 is 1.04 bits per heavy atom. The Bertz CT molecular complexity index is 1180. The van der Waals surface area contributed by atoms with Crippen LogP contribution >= 0.6 is 0 Å². The van der Waals surface area contributed by atoms with E-state index >= 15 is 0 Å². The number of rotatable bonds is 4. The van der Waals surface area contributed by atoms with E-state index in [1.54, 1.807) is 0 Å². The zero-order valence-corrected chi connectivity index (χ0v) is 15.5. The van der Waals surface area contributed by atoms with Crippen LogP contribution in [0, 0.1) is 6.92 Å². The summed E-state index contributed by atoms with van der Waals surface area (Å²) in [5.74, 6) is 0.632. The van der Waals surface area contributed by atoms with E-state index in [4.69, 9.17) is 4.52 Å². The van der Waals surface area contributed by atoms with Crippen LogP contribution in [0.2, 0.25) is 0 Å². The molecule has 0 bridgehead atoms. The zero-order chi connectivity index (χ0) is 19.1. The second-order valence-corrected chi connectivity index (χ2v) is 7.30. The maximum absolute atomic E-state index is 13.1. The summed E-state index contributed by atoms with van der Waals surface area (Å²) in [4.78, 5) is 17.7. The Balaban J connectivity index is 1.44. The van der Waals surface area contributed by atoms with E-state index < -0.39 is 5.41 Å². The Kier molecular flexibility index (Phi) is 3.76. The van der Waals surface area contributed by atoms with Crippen LogP contribution in [0.4, 0.5) is 5.69 Å². The van der Waals surface area contributed by atoms with Crippen molar-refractivity contribution < 1.29 is 9.32 Å². The number of benzene rings is 2. The number of carbonyl (C=O) groups excluding carboxylic acids is 1. The molecule has 2 aromatic heterocycles. The van der Waals surface area contributed by atoms with Crippen molar-refractivity contribution in [3.63, 3.8) is 0 Å². The normalized spacial score (nSPS) is 14.8. The molecule has 2 heterocycles. The van der Waals surface area contributed by atoms with Gasteiger partial charge in [-0.25, -0.2) is 0 Å². The maximum atomic E-state index is 13.1. The van der Waals surface area contributed by atoms with Gasteiger partial charge in [0.2, 0.25) is 5.91 Å². The molecule has 1 amide bonds. The van der Waals surface area contributed by atoms with Crippen molar-refractivity contribution in [1.29, 1.82) is 0 Å². The lowest BCUT2D eigenvalue weighted by molar-refractivity contribution is -0.118. The summed E-state index contributed by atoms with van der Waals surface area (Å²) in [7, 11) is 0. The van der Waals surface area contributed by atoms with Gasteiger partial charge in [-0.1, -0.05) is 41.6 Å². The molecule has 1 aliphatic rings. The largest absolute Gasteiger partial charge is 0.356 e. The summed E-state index contributed by atoms with van der Waals surface area (Å²) in [6.07, 6.45) is 1.53. The second kappa shape index (κ2) is 6.30. The quantitative estimate of drug-likeness (QED) is 0.557. The molecule has 0 spiro atoms. The van der Waals surface area contributed by atoms with Gasteiger partial charge in [-0.15, -0.1) is 0 Å². The first-order valence-corrected chi connectivity index (χ1v) is 9.36. The SMILES string of the molecule is Cc1ccc2c(NC(=O)C3(c4cc(-c5ccccc5)on4)CC3)cccc2n1. The Hall–Kier alpha value is -3.47. The molecule has 1 aliphatic carbocycles. The van der Waals surface area contributed by atoms with Crippen molar-refractivity contribution in [3.8, 4) is 11.3 Å². The fourth-order valence-electron chi connectivity index (χ4n) is 3.57. The third-order valence-corrected chi connectivity index (χ3v) is 5.36. The van der Waals surface area contributed by atoms with E-state index in [-0.39, 0.29) is 5.91 Å². The minimum Gasteiger partial charge on any atom is -0.356 e. The predicted octanol–water partition coefficient (Wildman–Crippen LogP) is 4.87. The van der Waals surface area contributed by atoms with Gasteiger partial charge in [0.05, 0.1) is 22.3 Å². The summed E-state index contributed by atoms with van der Waals surface area (Å²) in [6.45, 7) is 1.96. The Morgan fingerprint density at radius 3 is 2.64 bits per heavy atom. The molecular formula is C23H19N3O2. The lowest BCUT2D eigenvalue weighted by Gasteiger charge is -2.14. The van der Waals surface area contributed by atoms with Crippen molar-refractivity contribution in [1.82, 2.24) is 10.1 Å². The first-order chi connectivity index (χ1) is 13.7. The molecule has 2 aromatic carbocycles. The summed E-state index contributed by atoms with van der Waals surface area (Å²) < 4.78 is 5.52. The average Bonchev–Trinajstić information content (AvgIpc) is 3.38. The molecule has 1 fully saturated rings. The van der Waals surface area contributed by atoms with Gasteiger partial charge in [0.15, 0.2) is 5.76 Å². The Labute approximate surface area is 162 Å². The van der Waals surface area contributed by atoms with Gasteiger partial charge >= 0.3 is 0 Å². The minimum absolute atomic E-state index is 0.0477. The lowest BCUT2D eigenvalue weighted by atomic mass is 10.00. The molecular weight excluding hydrogens is 350 g/mol. The molecule has 0 saturated heterocycles. The molecule has 0 radical (unpaired) electrons. The molecule has 28 heavy (non-hydrogen) atoms. The van der Waals surface area contributed by atoms with Crippen molar-refractivity contribution in [2.45, 2.75) is 25.2 Å². The first kappa shape index (κ1) is 16.7. The van der Waals surface area contributed by atoms with Gasteiger partial charge in [0.1, 0.15) is 0 Å². The minimum atomic E-state index is -0.614. The molecule has 0 unspecified atom stereocenters. The summed E-state index contributed by atoms with van der Waals surface area (Å²) >= 11 is 0. The van der Waals surface area contributed by atoms with E-state index in [1.165, 1.54) is 0 Å². The molecule has 1 saturated carbocycles. The smallest absolute Gasteiger partial charge is 0.236 e. The predicted molar refractivity (Wildman–Crippen MR) is 108 cm³/mol. The van der Waals surface area contributed by atoms with Crippen LogP contribution in [-0.4, -0.2) is 16.0 Å². The van der Waals surface area contributed by atoms with Crippen LogP contribution in [0.25, 0.3) is 22.2 Å². The van der Waals surface area contributed by atoms with Gasteiger partial charge in [-0.05, 0) is 44.0 Å². The fourth-order valence-corrected chi connectivity index (χ4v) is 3.57. The van der Waals surface area contributed by atoms with Crippen LogP contribution in [-0.2, 0) is 10.2 Å². The maximum Gasteiger partial charge on any atom is 0.236 e. The van der Waals surface area contributed by atoms with E-state index in [2.05, 4.69) is 15.5 Å². The van der Waals surface area contributed by atoms with Crippen LogP contribution in [0.3, 0.4) is 0 Å². The summed E-state index contributed by atoms with van der Waals surface area (Å²) in [5, 5.41) is 8.24. The number of hydrogen-bond donors (Lipinski definition) is 1. The third-order valence-electron chi connectivity index (χ3n) is 5.36. The van der Waals surface area contributed by atoms with E-state index in [1.807, 2.05) is 73.7 Å². The van der Waals surface area contributed by atoms with Crippen LogP contribution in [0.1, 0.15) is 24.2 Å². The van der Waals surface area contributed by atoms with Crippen LogP contribution in [0.5, 0.6) is 0 Å². The molecule has 0 atom stereocenters. The van der Waals surface area contributed by atoms with Gasteiger partial charge in [0.25, 0.3) is 0 Å². The van der Waals surface area contributed by atoms with Gasteiger partial charge in [-0.3, -0.25) is 9.78 Å². The van der Waals surface area contributed by atoms with E-state index in [9.17, 15) is 4.79 Å². The molecule has 5 rings (SSSR count). The molecule has 138 valence electrons. The molecule has 1 N–H and O–H groups in total. The number of aryl methyl sites for hydroxylation is 1. The number of hydrogen-bond acceptors (Lipinski definition) is 4. The number of anilines is 1.